The van der Waals surface area contributed by atoms with E-state index in [1.807, 2.05) is 0 Å². The SMILES string of the molecule is CC1=N/OCO/N=C(C)\C(C)=N/OCO/N=C(C)\C(C)=N/OCO/N=C\1C. The highest BCUT2D eigenvalue weighted by Crippen LogP contribution is 1.94. The van der Waals surface area contributed by atoms with Gasteiger partial charge >= 0.3 is 0 Å². The van der Waals surface area contributed by atoms with Crippen LogP contribution in [0.4, 0.5) is 0 Å². The van der Waals surface area contributed by atoms with Crippen LogP contribution >= 0.6 is 0 Å². The van der Waals surface area contributed by atoms with Crippen molar-refractivity contribution in [2.24, 2.45) is 30.9 Å². The summed E-state index contributed by atoms with van der Waals surface area (Å²) in [5.41, 5.74) is 2.98. The lowest BCUT2D eigenvalue weighted by Gasteiger charge is -2.03. The van der Waals surface area contributed by atoms with Gasteiger partial charge in [0.2, 0.25) is 0 Å². The molecule has 0 saturated heterocycles. The summed E-state index contributed by atoms with van der Waals surface area (Å²) in [6, 6.07) is 0. The van der Waals surface area contributed by atoms with Crippen molar-refractivity contribution in [2.75, 3.05) is 20.4 Å². The van der Waals surface area contributed by atoms with Crippen LogP contribution in [0.3, 0.4) is 0 Å². The van der Waals surface area contributed by atoms with E-state index in [1.54, 1.807) is 41.5 Å². The van der Waals surface area contributed by atoms with Crippen LogP contribution in [0.25, 0.3) is 0 Å². The van der Waals surface area contributed by atoms with Crippen LogP contribution in [0, 0.1) is 0 Å². The maximum absolute atomic E-state index is 4.99. The first-order valence-electron chi connectivity index (χ1n) is 7.92. The Kier molecular flexibility index (Phi) is 9.89. The lowest BCUT2D eigenvalue weighted by Crippen LogP contribution is -2.09. The monoisotopic (exact) mass is 384 g/mol. The molecule has 0 atom stereocenters. The van der Waals surface area contributed by atoms with Crippen molar-refractivity contribution in [3.63, 3.8) is 0 Å². The highest BCUT2D eigenvalue weighted by molar-refractivity contribution is 6.41. The van der Waals surface area contributed by atoms with Gasteiger partial charge in [0, 0.05) is 0 Å². The molecule has 1 aliphatic heterocycles. The Hall–Kier alpha value is -3.18. The van der Waals surface area contributed by atoms with E-state index in [1.165, 1.54) is 0 Å². The standard InChI is InChI=1S/C15H24N6O6/c1-10-11(2)17-23-8-25-19-14(5)15(6)21-27-9-26-20-13(4)12(3)18-24-7-22-16-10/h7-9H2,1-6H3/b16-10-,17-11-,18-12-,19-14-,20-13-,21-15-. The molecule has 150 valence electrons. The molecule has 1 aliphatic rings. The van der Waals surface area contributed by atoms with Crippen molar-refractivity contribution in [3.05, 3.63) is 0 Å². The van der Waals surface area contributed by atoms with Gasteiger partial charge in [0.05, 0.1) is 0 Å². The van der Waals surface area contributed by atoms with Crippen LogP contribution in [-0.4, -0.2) is 54.6 Å². The van der Waals surface area contributed by atoms with Gasteiger partial charge in [0.15, 0.2) is 0 Å². The molecular formula is C15H24N6O6. The third-order valence-corrected chi connectivity index (χ3v) is 3.10. The lowest BCUT2D eigenvalue weighted by atomic mass is 10.3. The topological polar surface area (TPSA) is 130 Å². The van der Waals surface area contributed by atoms with Gasteiger partial charge in [-0.2, -0.15) is 0 Å². The minimum absolute atomic E-state index is 0.189. The van der Waals surface area contributed by atoms with Crippen LogP contribution in [0.2, 0.25) is 0 Å². The fourth-order valence-corrected chi connectivity index (χ4v) is 1.21. The molecule has 1 heterocycles. The molecule has 0 aromatic carbocycles. The molecule has 0 radical (unpaired) electrons. The molecule has 0 spiro atoms. The zero-order valence-electron chi connectivity index (χ0n) is 16.3. The molecule has 0 aromatic rings. The Bertz CT molecular complexity index is 523. The van der Waals surface area contributed by atoms with Gasteiger partial charge < -0.3 is 29.0 Å². The molecule has 0 unspecified atom stereocenters. The minimum atomic E-state index is -0.189. The molecular weight excluding hydrogens is 360 g/mol. The molecule has 0 aliphatic carbocycles. The summed E-state index contributed by atoms with van der Waals surface area (Å²) in [5.74, 6) is 0. The Morgan fingerprint density at radius 1 is 0.370 bits per heavy atom. The summed E-state index contributed by atoms with van der Waals surface area (Å²) in [6.07, 6.45) is 0. The molecule has 0 amide bonds. The summed E-state index contributed by atoms with van der Waals surface area (Å²) in [6.45, 7) is 9.62. The number of hydrogen-bond acceptors (Lipinski definition) is 12. The van der Waals surface area contributed by atoms with E-state index in [0.717, 1.165) is 0 Å². The van der Waals surface area contributed by atoms with E-state index in [9.17, 15) is 0 Å². The van der Waals surface area contributed by atoms with E-state index < -0.39 is 0 Å². The van der Waals surface area contributed by atoms with Crippen molar-refractivity contribution in [2.45, 2.75) is 41.5 Å². The fraction of sp³-hybridized carbons (Fsp3) is 0.600. The lowest BCUT2D eigenvalue weighted by molar-refractivity contribution is -0.0518. The largest absolute Gasteiger partial charge is 0.351 e. The van der Waals surface area contributed by atoms with Crippen molar-refractivity contribution < 1.29 is 29.0 Å². The summed E-state index contributed by atoms with van der Waals surface area (Å²) >= 11 is 0. The number of oxime groups is 6. The Labute approximate surface area is 157 Å². The van der Waals surface area contributed by atoms with Crippen LogP contribution < -0.4 is 0 Å². The maximum atomic E-state index is 4.99. The first-order chi connectivity index (χ1) is 12.9. The molecule has 0 fully saturated rings. The van der Waals surface area contributed by atoms with E-state index in [-0.39, 0.29) is 20.4 Å². The fourth-order valence-electron chi connectivity index (χ4n) is 1.21. The van der Waals surface area contributed by atoms with Gasteiger partial charge in [-0.3, -0.25) is 0 Å². The van der Waals surface area contributed by atoms with E-state index >= 15 is 0 Å². The van der Waals surface area contributed by atoms with Crippen molar-refractivity contribution in [3.8, 4) is 0 Å². The molecule has 27 heavy (non-hydrogen) atoms. The average Bonchev–Trinajstić information content (AvgIpc) is 2.65. The second-order valence-corrected chi connectivity index (χ2v) is 5.19. The molecule has 0 N–H and O–H groups in total. The molecule has 1 rings (SSSR count). The third kappa shape index (κ3) is 9.18. The molecule has 0 aromatic heterocycles. The van der Waals surface area contributed by atoms with Gasteiger partial charge in [0.25, 0.3) is 20.4 Å². The van der Waals surface area contributed by atoms with Crippen molar-refractivity contribution >= 4 is 34.3 Å². The Morgan fingerprint density at radius 3 is 0.667 bits per heavy atom. The van der Waals surface area contributed by atoms with Gasteiger partial charge in [-0.25, -0.2) is 0 Å². The van der Waals surface area contributed by atoms with Crippen molar-refractivity contribution in [1.82, 2.24) is 0 Å². The number of hydrogen-bond donors (Lipinski definition) is 0. The zero-order chi connectivity index (χ0) is 20.1. The zero-order valence-corrected chi connectivity index (χ0v) is 16.3. The highest BCUT2D eigenvalue weighted by Gasteiger charge is 2.02. The normalized spacial score (nSPS) is 30.0. The van der Waals surface area contributed by atoms with Crippen LogP contribution in [0.15, 0.2) is 30.9 Å². The van der Waals surface area contributed by atoms with Gasteiger partial charge in [-0.15, -0.1) is 0 Å². The maximum Gasteiger partial charge on any atom is 0.280 e. The van der Waals surface area contributed by atoms with Crippen molar-refractivity contribution in [1.29, 1.82) is 0 Å². The quantitative estimate of drug-likeness (QED) is 0.629. The van der Waals surface area contributed by atoms with Gasteiger partial charge in [-0.1, -0.05) is 30.9 Å². The highest BCUT2D eigenvalue weighted by atomic mass is 16.8. The van der Waals surface area contributed by atoms with E-state index in [4.69, 9.17) is 29.0 Å². The first kappa shape index (κ1) is 21.9. The smallest absolute Gasteiger partial charge is 0.280 e. The van der Waals surface area contributed by atoms with E-state index in [0.29, 0.717) is 34.3 Å². The van der Waals surface area contributed by atoms with Crippen LogP contribution in [0.5, 0.6) is 0 Å². The molecule has 0 saturated carbocycles. The first-order valence-corrected chi connectivity index (χ1v) is 7.92. The predicted octanol–water partition coefficient (Wildman–Crippen LogP) is 2.23. The second-order valence-electron chi connectivity index (χ2n) is 5.19. The molecule has 12 nitrogen and oxygen atoms in total. The number of nitrogens with zero attached hydrogens (tertiary/aromatic N) is 6. The van der Waals surface area contributed by atoms with Crippen LogP contribution in [-0.2, 0) is 29.0 Å². The molecule has 12 heteroatoms. The minimum Gasteiger partial charge on any atom is -0.351 e. The Morgan fingerprint density at radius 2 is 0.519 bits per heavy atom. The summed E-state index contributed by atoms with van der Waals surface area (Å²) in [4.78, 5) is 29.9. The van der Waals surface area contributed by atoms with Gasteiger partial charge in [-0.05, 0) is 41.5 Å². The summed E-state index contributed by atoms with van der Waals surface area (Å²) in [7, 11) is 0. The van der Waals surface area contributed by atoms with Gasteiger partial charge in [0.1, 0.15) is 34.3 Å². The van der Waals surface area contributed by atoms with Crippen LogP contribution in [0.1, 0.15) is 41.5 Å². The molecule has 0 bridgehead atoms. The average molecular weight is 384 g/mol. The Balaban J connectivity index is 2.83. The van der Waals surface area contributed by atoms with E-state index in [2.05, 4.69) is 30.9 Å². The number of rotatable bonds is 0. The summed E-state index contributed by atoms with van der Waals surface area (Å²) in [5, 5.41) is 23.0. The third-order valence-electron chi connectivity index (χ3n) is 3.10. The second kappa shape index (κ2) is 12.2. The predicted molar refractivity (Wildman–Crippen MR) is 99.8 cm³/mol. The summed E-state index contributed by atoms with van der Waals surface area (Å²) < 4.78 is 0.